The van der Waals surface area contributed by atoms with Gasteiger partial charge in [0.05, 0.1) is 0 Å². The molecule has 0 spiro atoms. The standard InChI is InChI=1S/C13H27N/c1-5-6-7-8-9-13(4)14-11-10-12(2)3/h12,14H,4-11H2,1-3H3. The van der Waals surface area contributed by atoms with Crippen LogP contribution in [0.2, 0.25) is 0 Å². The van der Waals surface area contributed by atoms with Crippen LogP contribution in [0.4, 0.5) is 0 Å². The molecule has 0 radical (unpaired) electrons. The Labute approximate surface area is 90.0 Å². The van der Waals surface area contributed by atoms with Gasteiger partial charge in [0.2, 0.25) is 0 Å². The fourth-order valence-electron chi connectivity index (χ4n) is 1.39. The van der Waals surface area contributed by atoms with E-state index in [-0.39, 0.29) is 0 Å². The predicted octanol–water partition coefficient (Wildman–Crippen LogP) is 4.11. The van der Waals surface area contributed by atoms with Crippen LogP contribution in [-0.4, -0.2) is 6.54 Å². The molecule has 0 amide bonds. The average Bonchev–Trinajstić information content (AvgIpc) is 2.12. The Hall–Kier alpha value is -0.460. The van der Waals surface area contributed by atoms with E-state index in [1.165, 1.54) is 37.8 Å². The van der Waals surface area contributed by atoms with Crippen molar-refractivity contribution in [2.45, 2.75) is 59.3 Å². The first-order valence-corrected chi connectivity index (χ1v) is 6.08. The van der Waals surface area contributed by atoms with Crippen molar-refractivity contribution in [1.82, 2.24) is 5.32 Å². The smallest absolute Gasteiger partial charge is 0.0146 e. The van der Waals surface area contributed by atoms with E-state index in [1.807, 2.05) is 0 Å². The van der Waals surface area contributed by atoms with Gasteiger partial charge < -0.3 is 5.32 Å². The summed E-state index contributed by atoms with van der Waals surface area (Å²) in [4.78, 5) is 0. The van der Waals surface area contributed by atoms with Crippen LogP contribution in [0.15, 0.2) is 12.3 Å². The molecule has 14 heavy (non-hydrogen) atoms. The second-order valence-electron chi connectivity index (χ2n) is 4.52. The second kappa shape index (κ2) is 9.11. The Bertz CT molecular complexity index is 138. The summed E-state index contributed by atoms with van der Waals surface area (Å²) >= 11 is 0. The van der Waals surface area contributed by atoms with Gasteiger partial charge in [0.25, 0.3) is 0 Å². The molecule has 0 saturated heterocycles. The molecule has 0 aliphatic rings. The van der Waals surface area contributed by atoms with E-state index in [0.717, 1.165) is 18.9 Å². The highest BCUT2D eigenvalue weighted by molar-refractivity contribution is 4.90. The number of hydrogen-bond acceptors (Lipinski definition) is 1. The maximum atomic E-state index is 4.04. The minimum atomic E-state index is 0.787. The highest BCUT2D eigenvalue weighted by atomic mass is 14.9. The van der Waals surface area contributed by atoms with Crippen molar-refractivity contribution >= 4 is 0 Å². The fraction of sp³-hybridized carbons (Fsp3) is 0.846. The zero-order valence-corrected chi connectivity index (χ0v) is 10.2. The molecule has 0 atom stereocenters. The highest BCUT2D eigenvalue weighted by Crippen LogP contribution is 2.07. The first-order chi connectivity index (χ1) is 6.66. The van der Waals surface area contributed by atoms with E-state index in [9.17, 15) is 0 Å². The molecule has 84 valence electrons. The van der Waals surface area contributed by atoms with Crippen LogP contribution in [0.3, 0.4) is 0 Å². The molecular weight excluding hydrogens is 170 g/mol. The molecule has 0 aromatic heterocycles. The van der Waals surface area contributed by atoms with Gasteiger partial charge in [0, 0.05) is 12.2 Å². The van der Waals surface area contributed by atoms with Crippen molar-refractivity contribution in [2.75, 3.05) is 6.54 Å². The normalized spacial score (nSPS) is 10.6. The molecule has 0 aromatic rings. The first kappa shape index (κ1) is 13.5. The number of hydrogen-bond donors (Lipinski definition) is 1. The summed E-state index contributed by atoms with van der Waals surface area (Å²) in [5.41, 5.74) is 1.22. The van der Waals surface area contributed by atoms with E-state index in [1.54, 1.807) is 0 Å². The minimum Gasteiger partial charge on any atom is -0.389 e. The minimum absolute atomic E-state index is 0.787. The lowest BCUT2D eigenvalue weighted by molar-refractivity contribution is 0.552. The SMILES string of the molecule is C=C(CCCCCC)NCCC(C)C. The molecule has 0 unspecified atom stereocenters. The van der Waals surface area contributed by atoms with Crippen molar-refractivity contribution in [3.63, 3.8) is 0 Å². The summed E-state index contributed by atoms with van der Waals surface area (Å²) in [5.74, 6) is 0.787. The molecule has 0 fully saturated rings. The van der Waals surface area contributed by atoms with Crippen LogP contribution in [0.25, 0.3) is 0 Å². The fourth-order valence-corrected chi connectivity index (χ4v) is 1.39. The number of allylic oxidation sites excluding steroid dienone is 1. The van der Waals surface area contributed by atoms with Gasteiger partial charge in [-0.1, -0.05) is 46.6 Å². The maximum Gasteiger partial charge on any atom is 0.0146 e. The second-order valence-corrected chi connectivity index (χ2v) is 4.52. The predicted molar refractivity (Wildman–Crippen MR) is 65.4 cm³/mol. The Morgan fingerprint density at radius 1 is 1.21 bits per heavy atom. The van der Waals surface area contributed by atoms with Gasteiger partial charge in [0.1, 0.15) is 0 Å². The van der Waals surface area contributed by atoms with Crippen LogP contribution in [0, 0.1) is 5.92 Å². The summed E-state index contributed by atoms with van der Waals surface area (Å²) in [6, 6.07) is 0. The Morgan fingerprint density at radius 2 is 1.93 bits per heavy atom. The molecule has 0 rings (SSSR count). The third-order valence-electron chi connectivity index (χ3n) is 2.43. The molecule has 0 aliphatic carbocycles. The lowest BCUT2D eigenvalue weighted by Crippen LogP contribution is -2.15. The third kappa shape index (κ3) is 9.63. The molecule has 1 N–H and O–H groups in total. The molecule has 0 aromatic carbocycles. The Kier molecular flexibility index (Phi) is 8.81. The van der Waals surface area contributed by atoms with Crippen molar-refractivity contribution in [3.8, 4) is 0 Å². The number of rotatable bonds is 9. The maximum absolute atomic E-state index is 4.04. The molecule has 1 heteroatoms. The molecular formula is C13H27N. The monoisotopic (exact) mass is 197 g/mol. The zero-order chi connectivity index (χ0) is 10.8. The van der Waals surface area contributed by atoms with E-state index >= 15 is 0 Å². The zero-order valence-electron chi connectivity index (χ0n) is 10.2. The topological polar surface area (TPSA) is 12.0 Å². The highest BCUT2D eigenvalue weighted by Gasteiger charge is 1.96. The quantitative estimate of drug-likeness (QED) is 0.549. The van der Waals surface area contributed by atoms with E-state index in [4.69, 9.17) is 0 Å². The molecule has 0 bridgehead atoms. The molecule has 0 saturated carbocycles. The summed E-state index contributed by atoms with van der Waals surface area (Å²) in [6.07, 6.45) is 7.71. The first-order valence-electron chi connectivity index (χ1n) is 6.08. The van der Waals surface area contributed by atoms with Gasteiger partial charge in [-0.25, -0.2) is 0 Å². The van der Waals surface area contributed by atoms with Crippen molar-refractivity contribution in [3.05, 3.63) is 12.3 Å². The van der Waals surface area contributed by atoms with Gasteiger partial charge in [-0.05, 0) is 25.2 Å². The molecule has 0 heterocycles. The van der Waals surface area contributed by atoms with Gasteiger partial charge >= 0.3 is 0 Å². The average molecular weight is 197 g/mol. The van der Waals surface area contributed by atoms with Gasteiger partial charge in [0.15, 0.2) is 0 Å². The Balaban J connectivity index is 3.20. The van der Waals surface area contributed by atoms with Crippen LogP contribution < -0.4 is 5.32 Å². The van der Waals surface area contributed by atoms with E-state index in [2.05, 4.69) is 32.7 Å². The van der Waals surface area contributed by atoms with E-state index in [0.29, 0.717) is 0 Å². The van der Waals surface area contributed by atoms with Crippen molar-refractivity contribution in [2.24, 2.45) is 5.92 Å². The van der Waals surface area contributed by atoms with E-state index < -0.39 is 0 Å². The van der Waals surface area contributed by atoms with Crippen LogP contribution >= 0.6 is 0 Å². The van der Waals surface area contributed by atoms with Gasteiger partial charge in [-0.15, -0.1) is 0 Å². The van der Waals surface area contributed by atoms with Crippen LogP contribution in [-0.2, 0) is 0 Å². The van der Waals surface area contributed by atoms with Crippen LogP contribution in [0.1, 0.15) is 59.3 Å². The largest absolute Gasteiger partial charge is 0.389 e. The molecule has 0 aliphatic heterocycles. The number of nitrogens with one attached hydrogen (secondary N) is 1. The van der Waals surface area contributed by atoms with Crippen molar-refractivity contribution < 1.29 is 0 Å². The summed E-state index contributed by atoms with van der Waals surface area (Å²) in [7, 11) is 0. The molecule has 1 nitrogen and oxygen atoms in total. The summed E-state index contributed by atoms with van der Waals surface area (Å²) in [6.45, 7) is 11.9. The summed E-state index contributed by atoms with van der Waals surface area (Å²) < 4.78 is 0. The summed E-state index contributed by atoms with van der Waals surface area (Å²) in [5, 5.41) is 3.40. The van der Waals surface area contributed by atoms with Gasteiger partial charge in [-0.3, -0.25) is 0 Å². The lowest BCUT2D eigenvalue weighted by atomic mass is 10.1. The third-order valence-corrected chi connectivity index (χ3v) is 2.43. The van der Waals surface area contributed by atoms with Crippen LogP contribution in [0.5, 0.6) is 0 Å². The number of unbranched alkanes of at least 4 members (excludes halogenated alkanes) is 3. The van der Waals surface area contributed by atoms with Crippen molar-refractivity contribution in [1.29, 1.82) is 0 Å². The lowest BCUT2D eigenvalue weighted by Gasteiger charge is -2.10. The Morgan fingerprint density at radius 3 is 2.50 bits per heavy atom. The van der Waals surface area contributed by atoms with Gasteiger partial charge in [-0.2, -0.15) is 0 Å².